The van der Waals surface area contributed by atoms with Gasteiger partial charge in [-0.25, -0.2) is 4.79 Å². The largest absolute Gasteiger partial charge is 0.326 e. The minimum Gasteiger partial charge on any atom is -0.306 e. The number of nitrogens with zero attached hydrogens (tertiary/aromatic N) is 1. The normalized spacial score (nSPS) is 11.4. The number of imidazole rings is 1. The quantitative estimate of drug-likeness (QED) is 0.835. The van der Waals surface area contributed by atoms with E-state index in [1.54, 1.807) is 4.57 Å². The van der Waals surface area contributed by atoms with E-state index >= 15 is 0 Å². The van der Waals surface area contributed by atoms with Gasteiger partial charge in [-0.15, -0.1) is 0 Å². The van der Waals surface area contributed by atoms with Crippen LogP contribution >= 0.6 is 15.9 Å². The summed E-state index contributed by atoms with van der Waals surface area (Å²) in [5.74, 6) is 0. The molecule has 0 fully saturated rings. The Morgan fingerprint density at radius 2 is 2.14 bits per heavy atom. The molecule has 0 aliphatic carbocycles. The average molecular weight is 255 g/mol. The molecule has 2 rings (SSSR count). The molecule has 0 saturated carbocycles. The molecule has 14 heavy (non-hydrogen) atoms. The molecule has 0 unspecified atom stereocenters. The Kier molecular flexibility index (Phi) is 2.23. The third-order valence-electron chi connectivity index (χ3n) is 2.20. The Morgan fingerprint density at radius 3 is 2.79 bits per heavy atom. The van der Waals surface area contributed by atoms with E-state index < -0.39 is 0 Å². The molecular formula is C10H11BrN2O. The molecule has 0 spiro atoms. The highest BCUT2D eigenvalue weighted by molar-refractivity contribution is 9.10. The Morgan fingerprint density at radius 1 is 1.43 bits per heavy atom. The van der Waals surface area contributed by atoms with E-state index in [4.69, 9.17) is 0 Å². The molecule has 0 amide bonds. The lowest BCUT2D eigenvalue weighted by Crippen LogP contribution is -2.18. The Balaban J connectivity index is 2.86. The zero-order valence-corrected chi connectivity index (χ0v) is 9.63. The van der Waals surface area contributed by atoms with Crippen LogP contribution in [0.3, 0.4) is 0 Å². The molecule has 74 valence electrons. The maximum atomic E-state index is 11.6. The average Bonchev–Trinajstić information content (AvgIpc) is 2.40. The smallest absolute Gasteiger partial charge is 0.306 e. The summed E-state index contributed by atoms with van der Waals surface area (Å²) in [5, 5.41) is 0. The number of hydrogen-bond donors (Lipinski definition) is 1. The van der Waals surface area contributed by atoms with Crippen molar-refractivity contribution in [3.05, 3.63) is 33.2 Å². The number of fused-ring (bicyclic) bond motifs is 1. The monoisotopic (exact) mass is 254 g/mol. The van der Waals surface area contributed by atoms with E-state index in [1.807, 2.05) is 32.0 Å². The molecule has 0 aliphatic rings. The lowest BCUT2D eigenvalue weighted by atomic mass is 10.3. The third kappa shape index (κ3) is 1.39. The highest BCUT2D eigenvalue weighted by atomic mass is 79.9. The summed E-state index contributed by atoms with van der Waals surface area (Å²) in [7, 11) is 0. The number of aromatic nitrogens is 2. The van der Waals surface area contributed by atoms with Gasteiger partial charge in [0, 0.05) is 10.5 Å². The van der Waals surface area contributed by atoms with Gasteiger partial charge in [-0.3, -0.25) is 4.57 Å². The fraction of sp³-hybridized carbons (Fsp3) is 0.300. The standard InChI is InChI=1S/C10H11BrN2O/c1-6(2)13-9-5-7(11)3-4-8(9)12-10(13)14/h3-6H,1-2H3,(H,12,14). The summed E-state index contributed by atoms with van der Waals surface area (Å²) >= 11 is 3.40. The van der Waals surface area contributed by atoms with E-state index in [0.717, 1.165) is 15.5 Å². The molecule has 0 atom stereocenters. The molecule has 1 aromatic carbocycles. The minimum absolute atomic E-state index is 0.0481. The van der Waals surface area contributed by atoms with Crippen molar-refractivity contribution in [3.8, 4) is 0 Å². The number of halogens is 1. The van der Waals surface area contributed by atoms with Gasteiger partial charge in [-0.05, 0) is 32.0 Å². The zero-order chi connectivity index (χ0) is 10.3. The van der Waals surface area contributed by atoms with E-state index in [2.05, 4.69) is 20.9 Å². The molecule has 0 aliphatic heterocycles. The molecule has 1 N–H and O–H groups in total. The lowest BCUT2D eigenvalue weighted by molar-refractivity contribution is 0.598. The summed E-state index contributed by atoms with van der Waals surface area (Å²) in [4.78, 5) is 14.4. The molecule has 0 radical (unpaired) electrons. The number of hydrogen-bond acceptors (Lipinski definition) is 1. The number of aromatic amines is 1. The highest BCUT2D eigenvalue weighted by Crippen LogP contribution is 2.19. The van der Waals surface area contributed by atoms with Gasteiger partial charge in [-0.2, -0.15) is 0 Å². The molecule has 1 heterocycles. The van der Waals surface area contributed by atoms with Crippen molar-refractivity contribution in [2.75, 3.05) is 0 Å². The molecule has 3 nitrogen and oxygen atoms in total. The van der Waals surface area contributed by atoms with E-state index in [9.17, 15) is 4.79 Å². The summed E-state index contributed by atoms with van der Waals surface area (Å²) in [5.41, 5.74) is 1.78. The maximum Gasteiger partial charge on any atom is 0.326 e. The lowest BCUT2D eigenvalue weighted by Gasteiger charge is -2.06. The second-order valence-corrected chi connectivity index (χ2v) is 4.47. The predicted octanol–water partition coefficient (Wildman–Crippen LogP) is 2.67. The van der Waals surface area contributed by atoms with Gasteiger partial charge in [-0.1, -0.05) is 15.9 Å². The Bertz CT molecular complexity index is 524. The number of rotatable bonds is 1. The third-order valence-corrected chi connectivity index (χ3v) is 2.69. The molecule has 0 bridgehead atoms. The van der Waals surface area contributed by atoms with Crippen LogP contribution in [0.1, 0.15) is 19.9 Å². The van der Waals surface area contributed by atoms with Crippen molar-refractivity contribution >= 4 is 27.0 Å². The van der Waals surface area contributed by atoms with Crippen LogP contribution in [-0.2, 0) is 0 Å². The van der Waals surface area contributed by atoms with Gasteiger partial charge in [0.2, 0.25) is 0 Å². The maximum absolute atomic E-state index is 11.6. The van der Waals surface area contributed by atoms with Gasteiger partial charge in [0.05, 0.1) is 11.0 Å². The number of benzene rings is 1. The summed E-state index contributed by atoms with van der Waals surface area (Å²) in [6.07, 6.45) is 0. The summed E-state index contributed by atoms with van der Waals surface area (Å²) in [6, 6.07) is 5.95. The van der Waals surface area contributed by atoms with Crippen molar-refractivity contribution in [2.24, 2.45) is 0 Å². The first-order valence-corrected chi connectivity index (χ1v) is 5.28. The molecule has 4 heteroatoms. The SMILES string of the molecule is CC(C)n1c(=O)[nH]c2ccc(Br)cc21. The first-order valence-electron chi connectivity index (χ1n) is 4.49. The Hall–Kier alpha value is -1.03. The fourth-order valence-electron chi connectivity index (χ4n) is 1.61. The first kappa shape index (κ1) is 9.52. The van der Waals surface area contributed by atoms with Crippen molar-refractivity contribution in [1.29, 1.82) is 0 Å². The van der Waals surface area contributed by atoms with Crippen LogP contribution in [0.25, 0.3) is 11.0 Å². The van der Waals surface area contributed by atoms with E-state index in [-0.39, 0.29) is 11.7 Å². The van der Waals surface area contributed by atoms with Crippen molar-refractivity contribution in [3.63, 3.8) is 0 Å². The Labute approximate surface area is 89.9 Å². The van der Waals surface area contributed by atoms with Crippen LogP contribution < -0.4 is 5.69 Å². The molecule has 2 aromatic rings. The van der Waals surface area contributed by atoms with Crippen LogP contribution in [0, 0.1) is 0 Å². The second-order valence-electron chi connectivity index (χ2n) is 3.56. The predicted molar refractivity (Wildman–Crippen MR) is 60.6 cm³/mol. The molecule has 0 saturated heterocycles. The molecular weight excluding hydrogens is 244 g/mol. The zero-order valence-electron chi connectivity index (χ0n) is 8.04. The number of nitrogens with one attached hydrogen (secondary N) is 1. The summed E-state index contributed by atoms with van der Waals surface area (Å²) < 4.78 is 2.73. The second kappa shape index (κ2) is 3.28. The van der Waals surface area contributed by atoms with Gasteiger partial charge < -0.3 is 4.98 Å². The van der Waals surface area contributed by atoms with Crippen LogP contribution in [0.4, 0.5) is 0 Å². The van der Waals surface area contributed by atoms with Gasteiger partial charge >= 0.3 is 5.69 Å². The van der Waals surface area contributed by atoms with Crippen LogP contribution in [0.2, 0.25) is 0 Å². The van der Waals surface area contributed by atoms with E-state index in [1.165, 1.54) is 0 Å². The highest BCUT2D eigenvalue weighted by Gasteiger charge is 2.08. The summed E-state index contributed by atoms with van der Waals surface area (Å²) in [6.45, 7) is 3.99. The van der Waals surface area contributed by atoms with Gasteiger partial charge in [0.15, 0.2) is 0 Å². The van der Waals surface area contributed by atoms with Crippen LogP contribution in [0.5, 0.6) is 0 Å². The van der Waals surface area contributed by atoms with E-state index in [0.29, 0.717) is 0 Å². The number of H-pyrrole nitrogens is 1. The van der Waals surface area contributed by atoms with Crippen molar-refractivity contribution < 1.29 is 0 Å². The van der Waals surface area contributed by atoms with Crippen molar-refractivity contribution in [2.45, 2.75) is 19.9 Å². The van der Waals surface area contributed by atoms with Crippen LogP contribution in [0.15, 0.2) is 27.5 Å². The minimum atomic E-state index is -0.0481. The van der Waals surface area contributed by atoms with Gasteiger partial charge in [0.1, 0.15) is 0 Å². The molecule has 1 aromatic heterocycles. The topological polar surface area (TPSA) is 37.8 Å². The van der Waals surface area contributed by atoms with Gasteiger partial charge in [0.25, 0.3) is 0 Å². The van der Waals surface area contributed by atoms with Crippen LogP contribution in [-0.4, -0.2) is 9.55 Å². The van der Waals surface area contributed by atoms with Crippen molar-refractivity contribution in [1.82, 2.24) is 9.55 Å². The first-order chi connectivity index (χ1) is 6.59. The fourth-order valence-corrected chi connectivity index (χ4v) is 1.96.